The van der Waals surface area contributed by atoms with Crippen LogP contribution in [0.3, 0.4) is 0 Å². The summed E-state index contributed by atoms with van der Waals surface area (Å²) >= 11 is 0. The van der Waals surface area contributed by atoms with E-state index in [-0.39, 0.29) is 11.5 Å². The summed E-state index contributed by atoms with van der Waals surface area (Å²) in [6, 6.07) is 31.3. The molecule has 3 nitrogen and oxygen atoms in total. The first-order valence-electron chi connectivity index (χ1n) is 9.81. The van der Waals surface area contributed by atoms with Crippen LogP contribution in [0.15, 0.2) is 103 Å². The molecule has 146 valence electrons. The van der Waals surface area contributed by atoms with Crippen molar-refractivity contribution in [1.82, 2.24) is 0 Å². The fraction of sp³-hybridized carbons (Fsp3) is 0.0370. The molecule has 0 aliphatic rings. The van der Waals surface area contributed by atoms with Crippen molar-refractivity contribution >= 4 is 21.5 Å². The molecular weight excluding hydrogens is 372 g/mol. The van der Waals surface area contributed by atoms with Crippen molar-refractivity contribution in [2.45, 2.75) is 5.60 Å². The first-order valence-corrected chi connectivity index (χ1v) is 9.81. The number of phenolic OH excluding ortho intramolecular Hbond substituents is 2. The highest BCUT2D eigenvalue weighted by Crippen LogP contribution is 2.45. The van der Waals surface area contributed by atoms with E-state index >= 15 is 0 Å². The average molecular weight is 392 g/mol. The number of hydrogen-bond acceptors (Lipinski definition) is 3. The zero-order chi connectivity index (χ0) is 20.7. The number of aromatic hydroxyl groups is 2. The Balaban J connectivity index is 1.94. The molecule has 5 aromatic rings. The van der Waals surface area contributed by atoms with Gasteiger partial charge < -0.3 is 15.3 Å². The van der Waals surface area contributed by atoms with Gasteiger partial charge in [-0.3, -0.25) is 0 Å². The van der Waals surface area contributed by atoms with Crippen LogP contribution in [-0.2, 0) is 5.60 Å². The van der Waals surface area contributed by atoms with Crippen molar-refractivity contribution < 1.29 is 15.3 Å². The van der Waals surface area contributed by atoms with Crippen molar-refractivity contribution in [2.24, 2.45) is 0 Å². The van der Waals surface area contributed by atoms with E-state index in [2.05, 4.69) is 0 Å². The van der Waals surface area contributed by atoms with Gasteiger partial charge in [0.1, 0.15) is 17.1 Å². The van der Waals surface area contributed by atoms with Gasteiger partial charge in [-0.05, 0) is 28.5 Å². The Kier molecular flexibility index (Phi) is 4.19. The van der Waals surface area contributed by atoms with Crippen LogP contribution in [0.2, 0.25) is 0 Å². The Hall–Kier alpha value is -3.82. The first kappa shape index (κ1) is 18.2. The third-order valence-electron chi connectivity index (χ3n) is 5.77. The van der Waals surface area contributed by atoms with Gasteiger partial charge in [-0.25, -0.2) is 0 Å². The van der Waals surface area contributed by atoms with Gasteiger partial charge in [0.05, 0.1) is 0 Å². The van der Waals surface area contributed by atoms with E-state index in [1.54, 1.807) is 24.3 Å². The van der Waals surface area contributed by atoms with Crippen molar-refractivity contribution in [3.63, 3.8) is 0 Å². The predicted octanol–water partition coefficient (Wildman–Crippen LogP) is 5.69. The minimum absolute atomic E-state index is 0.167. The molecule has 0 atom stereocenters. The second-order valence-corrected chi connectivity index (χ2v) is 7.43. The smallest absolute Gasteiger partial charge is 0.141 e. The van der Waals surface area contributed by atoms with Crippen molar-refractivity contribution in [3.05, 3.63) is 120 Å². The lowest BCUT2D eigenvalue weighted by atomic mass is 9.76. The summed E-state index contributed by atoms with van der Waals surface area (Å²) in [6.45, 7) is 0. The quantitative estimate of drug-likeness (QED) is 0.346. The standard InChI is InChI=1S/C27H20O3/c28-25-16-14-23(19-10-4-6-12-21(19)25)27(30,18-8-2-1-3-9-18)24-15-17-26(29)22-13-7-5-11-20(22)24/h1-17,28-30H. The highest BCUT2D eigenvalue weighted by molar-refractivity contribution is 5.96. The van der Waals surface area contributed by atoms with Crippen LogP contribution in [-0.4, -0.2) is 15.3 Å². The lowest BCUT2D eigenvalue weighted by Gasteiger charge is -2.32. The van der Waals surface area contributed by atoms with E-state index in [9.17, 15) is 15.3 Å². The highest BCUT2D eigenvalue weighted by atomic mass is 16.3. The number of fused-ring (bicyclic) bond motifs is 2. The molecule has 0 aliphatic carbocycles. The maximum absolute atomic E-state index is 12.4. The normalized spacial score (nSPS) is 11.8. The Labute approximate surface area is 174 Å². The summed E-state index contributed by atoms with van der Waals surface area (Å²) in [6.07, 6.45) is 0. The molecule has 5 rings (SSSR count). The summed E-state index contributed by atoms with van der Waals surface area (Å²) in [5.74, 6) is 0.334. The molecule has 3 heteroatoms. The van der Waals surface area contributed by atoms with Crippen LogP contribution in [0.25, 0.3) is 21.5 Å². The van der Waals surface area contributed by atoms with Crippen LogP contribution in [0.5, 0.6) is 11.5 Å². The maximum Gasteiger partial charge on any atom is 0.141 e. The summed E-state index contributed by atoms with van der Waals surface area (Å²) in [7, 11) is 0. The third kappa shape index (κ3) is 2.64. The van der Waals surface area contributed by atoms with Crippen LogP contribution in [0.4, 0.5) is 0 Å². The van der Waals surface area contributed by atoms with E-state index in [0.29, 0.717) is 27.5 Å². The monoisotopic (exact) mass is 392 g/mol. The Morgan fingerprint density at radius 3 is 1.30 bits per heavy atom. The number of aliphatic hydroxyl groups is 1. The fourth-order valence-electron chi connectivity index (χ4n) is 4.33. The van der Waals surface area contributed by atoms with Crippen molar-refractivity contribution in [3.8, 4) is 11.5 Å². The van der Waals surface area contributed by atoms with Crippen molar-refractivity contribution in [2.75, 3.05) is 0 Å². The van der Waals surface area contributed by atoms with E-state index < -0.39 is 5.60 Å². The van der Waals surface area contributed by atoms with Gasteiger partial charge in [0.2, 0.25) is 0 Å². The molecule has 0 spiro atoms. The average Bonchev–Trinajstić information content (AvgIpc) is 2.80. The van der Waals surface area contributed by atoms with Crippen LogP contribution in [0.1, 0.15) is 16.7 Å². The summed E-state index contributed by atoms with van der Waals surface area (Å²) in [5, 5.41) is 36.1. The van der Waals surface area contributed by atoms with Gasteiger partial charge in [0.15, 0.2) is 0 Å². The van der Waals surface area contributed by atoms with E-state index in [0.717, 1.165) is 10.8 Å². The fourth-order valence-corrected chi connectivity index (χ4v) is 4.33. The van der Waals surface area contributed by atoms with Gasteiger partial charge in [-0.2, -0.15) is 0 Å². The van der Waals surface area contributed by atoms with Crippen LogP contribution < -0.4 is 0 Å². The van der Waals surface area contributed by atoms with Gasteiger partial charge in [-0.1, -0.05) is 91.0 Å². The molecule has 0 bridgehead atoms. The van der Waals surface area contributed by atoms with Crippen LogP contribution in [0, 0.1) is 0 Å². The van der Waals surface area contributed by atoms with Gasteiger partial charge >= 0.3 is 0 Å². The second kappa shape index (κ2) is 6.90. The molecule has 0 unspecified atom stereocenters. The van der Waals surface area contributed by atoms with E-state index in [1.807, 2.05) is 78.9 Å². The van der Waals surface area contributed by atoms with Crippen molar-refractivity contribution in [1.29, 1.82) is 0 Å². The van der Waals surface area contributed by atoms with Crippen LogP contribution >= 0.6 is 0 Å². The molecule has 0 radical (unpaired) electrons. The SMILES string of the molecule is Oc1ccc(C(O)(c2ccccc2)c2ccc(O)c3ccccc23)c2ccccc12. The molecule has 5 aromatic carbocycles. The predicted molar refractivity (Wildman–Crippen MR) is 120 cm³/mol. The lowest BCUT2D eigenvalue weighted by molar-refractivity contribution is 0.129. The molecular formula is C27H20O3. The maximum atomic E-state index is 12.4. The minimum atomic E-state index is -1.50. The Morgan fingerprint density at radius 2 is 0.833 bits per heavy atom. The molecule has 0 amide bonds. The largest absolute Gasteiger partial charge is 0.507 e. The molecule has 0 aromatic heterocycles. The molecule has 0 fully saturated rings. The molecule has 0 saturated heterocycles. The molecule has 30 heavy (non-hydrogen) atoms. The number of benzene rings is 5. The van der Waals surface area contributed by atoms with Gasteiger partial charge in [0, 0.05) is 21.9 Å². The summed E-state index contributed by atoms with van der Waals surface area (Å²) < 4.78 is 0. The first-order chi connectivity index (χ1) is 14.6. The zero-order valence-electron chi connectivity index (χ0n) is 16.2. The Morgan fingerprint density at radius 1 is 0.433 bits per heavy atom. The summed E-state index contributed by atoms with van der Waals surface area (Å²) in [5.41, 5.74) is 0.537. The van der Waals surface area contributed by atoms with Gasteiger partial charge in [-0.15, -0.1) is 0 Å². The molecule has 0 heterocycles. The number of hydrogen-bond donors (Lipinski definition) is 3. The number of phenols is 2. The van der Waals surface area contributed by atoms with E-state index in [4.69, 9.17) is 0 Å². The molecule has 3 N–H and O–H groups in total. The zero-order valence-corrected chi connectivity index (χ0v) is 16.2. The molecule has 0 aliphatic heterocycles. The highest BCUT2D eigenvalue weighted by Gasteiger charge is 2.37. The Bertz CT molecular complexity index is 1290. The van der Waals surface area contributed by atoms with E-state index in [1.165, 1.54) is 0 Å². The molecule has 0 saturated carbocycles. The minimum Gasteiger partial charge on any atom is -0.507 e. The second-order valence-electron chi connectivity index (χ2n) is 7.43. The topological polar surface area (TPSA) is 60.7 Å². The summed E-state index contributed by atoms with van der Waals surface area (Å²) in [4.78, 5) is 0. The van der Waals surface area contributed by atoms with Gasteiger partial charge in [0.25, 0.3) is 0 Å². The lowest BCUT2D eigenvalue weighted by Crippen LogP contribution is -2.29. The number of rotatable bonds is 3. The third-order valence-corrected chi connectivity index (χ3v) is 5.77.